The van der Waals surface area contributed by atoms with Gasteiger partial charge in [0.05, 0.1) is 6.54 Å². The quantitative estimate of drug-likeness (QED) is 0.645. The van der Waals surface area contributed by atoms with Gasteiger partial charge >= 0.3 is 0 Å². The highest BCUT2D eigenvalue weighted by Crippen LogP contribution is 2.14. The molecule has 0 saturated heterocycles. The van der Waals surface area contributed by atoms with E-state index in [4.69, 9.17) is 4.74 Å². The number of ether oxygens (including phenoxy) is 1. The van der Waals surface area contributed by atoms with E-state index in [1.807, 2.05) is 6.92 Å². The van der Waals surface area contributed by atoms with Gasteiger partial charge in [-0.1, -0.05) is 0 Å². The summed E-state index contributed by atoms with van der Waals surface area (Å²) in [6, 6.07) is 4.61. The highest BCUT2D eigenvalue weighted by molar-refractivity contribution is 5.96. The van der Waals surface area contributed by atoms with Crippen LogP contribution in [0.3, 0.4) is 0 Å². The average molecular weight is 179 g/mol. The van der Waals surface area contributed by atoms with Crippen molar-refractivity contribution in [2.24, 2.45) is 4.99 Å². The molecule has 1 aromatic carbocycles. The lowest BCUT2D eigenvalue weighted by Crippen LogP contribution is -2.03. The minimum absolute atomic E-state index is 0.222. The third-order valence-corrected chi connectivity index (χ3v) is 2.00. The predicted octanol–water partition coefficient (Wildman–Crippen LogP) is 1.91. The average Bonchev–Trinajstić information content (AvgIpc) is 2.56. The minimum Gasteiger partial charge on any atom is -0.476 e. The molecule has 0 radical (unpaired) electrons. The second-order valence-electron chi connectivity index (χ2n) is 2.99. The van der Waals surface area contributed by atoms with Crippen LogP contribution >= 0.6 is 0 Å². The molecule has 0 aliphatic carbocycles. The maximum atomic E-state index is 12.8. The Kier molecular flexibility index (Phi) is 2.00. The molecule has 0 atom stereocenters. The number of hydrogen-bond acceptors (Lipinski definition) is 2. The van der Waals surface area contributed by atoms with Gasteiger partial charge in [-0.25, -0.2) is 9.38 Å². The Hall–Kier alpha value is -1.38. The SMILES string of the molecule is Cc1cc(F)ccc1C1=NCCO1. The highest BCUT2D eigenvalue weighted by atomic mass is 19.1. The topological polar surface area (TPSA) is 21.6 Å². The predicted molar refractivity (Wildman–Crippen MR) is 48.5 cm³/mol. The Bertz CT molecular complexity index is 360. The van der Waals surface area contributed by atoms with Crippen molar-refractivity contribution >= 4 is 5.90 Å². The molecular formula is C10H10FNO. The Balaban J connectivity index is 2.40. The van der Waals surface area contributed by atoms with Crippen LogP contribution in [0, 0.1) is 12.7 Å². The molecule has 0 fully saturated rings. The van der Waals surface area contributed by atoms with Gasteiger partial charge in [-0.2, -0.15) is 0 Å². The molecule has 0 bridgehead atoms. The van der Waals surface area contributed by atoms with Crippen LogP contribution in [0.1, 0.15) is 11.1 Å². The number of rotatable bonds is 1. The van der Waals surface area contributed by atoms with Crippen molar-refractivity contribution < 1.29 is 9.13 Å². The summed E-state index contributed by atoms with van der Waals surface area (Å²) in [5.74, 6) is 0.414. The van der Waals surface area contributed by atoms with E-state index in [2.05, 4.69) is 4.99 Å². The van der Waals surface area contributed by atoms with Crippen LogP contribution in [0.5, 0.6) is 0 Å². The second-order valence-corrected chi connectivity index (χ2v) is 2.99. The first-order chi connectivity index (χ1) is 6.27. The first-order valence-corrected chi connectivity index (χ1v) is 4.21. The summed E-state index contributed by atoms with van der Waals surface area (Å²) in [7, 11) is 0. The number of benzene rings is 1. The Labute approximate surface area is 76.1 Å². The Morgan fingerprint density at radius 3 is 2.92 bits per heavy atom. The Morgan fingerprint density at radius 2 is 2.31 bits per heavy atom. The number of halogens is 1. The van der Waals surface area contributed by atoms with E-state index in [1.165, 1.54) is 12.1 Å². The Morgan fingerprint density at radius 1 is 1.46 bits per heavy atom. The van der Waals surface area contributed by atoms with Crippen LogP contribution in [-0.4, -0.2) is 19.0 Å². The van der Waals surface area contributed by atoms with E-state index in [0.717, 1.165) is 11.1 Å². The van der Waals surface area contributed by atoms with Gasteiger partial charge in [0, 0.05) is 5.56 Å². The third kappa shape index (κ3) is 1.54. The van der Waals surface area contributed by atoms with E-state index in [1.54, 1.807) is 6.07 Å². The maximum absolute atomic E-state index is 12.8. The zero-order valence-electron chi connectivity index (χ0n) is 7.38. The van der Waals surface area contributed by atoms with E-state index < -0.39 is 0 Å². The smallest absolute Gasteiger partial charge is 0.216 e. The fourth-order valence-electron chi connectivity index (χ4n) is 1.37. The molecule has 0 N–H and O–H groups in total. The molecule has 1 aromatic rings. The molecule has 2 rings (SSSR count). The molecular weight excluding hydrogens is 169 g/mol. The zero-order valence-corrected chi connectivity index (χ0v) is 7.38. The maximum Gasteiger partial charge on any atom is 0.216 e. The minimum atomic E-state index is -0.222. The molecule has 2 nitrogen and oxygen atoms in total. The van der Waals surface area contributed by atoms with Crippen molar-refractivity contribution in [3.8, 4) is 0 Å². The molecule has 0 amide bonds. The van der Waals surface area contributed by atoms with Crippen LogP contribution in [0.4, 0.5) is 4.39 Å². The van der Waals surface area contributed by atoms with Crippen LogP contribution in [-0.2, 0) is 4.74 Å². The first-order valence-electron chi connectivity index (χ1n) is 4.21. The fourth-order valence-corrected chi connectivity index (χ4v) is 1.37. The summed E-state index contributed by atoms with van der Waals surface area (Å²) in [5, 5.41) is 0. The molecule has 0 spiro atoms. The van der Waals surface area contributed by atoms with Crippen LogP contribution in [0.2, 0.25) is 0 Å². The van der Waals surface area contributed by atoms with Gasteiger partial charge in [-0.15, -0.1) is 0 Å². The molecule has 0 aromatic heterocycles. The molecule has 3 heteroatoms. The van der Waals surface area contributed by atoms with Crippen molar-refractivity contribution in [3.63, 3.8) is 0 Å². The van der Waals surface area contributed by atoms with E-state index in [0.29, 0.717) is 19.0 Å². The summed E-state index contributed by atoms with van der Waals surface area (Å²) in [5.41, 5.74) is 1.75. The number of nitrogens with zero attached hydrogens (tertiary/aromatic N) is 1. The van der Waals surface area contributed by atoms with Gasteiger partial charge in [0.25, 0.3) is 0 Å². The largest absolute Gasteiger partial charge is 0.476 e. The van der Waals surface area contributed by atoms with Gasteiger partial charge < -0.3 is 4.74 Å². The van der Waals surface area contributed by atoms with Crippen molar-refractivity contribution in [1.82, 2.24) is 0 Å². The second kappa shape index (κ2) is 3.17. The van der Waals surface area contributed by atoms with Gasteiger partial charge in [0.1, 0.15) is 12.4 Å². The number of aryl methyl sites for hydroxylation is 1. The van der Waals surface area contributed by atoms with Crippen molar-refractivity contribution in [2.75, 3.05) is 13.2 Å². The third-order valence-electron chi connectivity index (χ3n) is 2.00. The molecule has 68 valence electrons. The van der Waals surface area contributed by atoms with Crippen molar-refractivity contribution in [3.05, 3.63) is 35.1 Å². The standard InChI is InChI=1S/C10H10FNO/c1-7-6-8(11)2-3-9(7)10-12-4-5-13-10/h2-3,6H,4-5H2,1H3. The lowest BCUT2D eigenvalue weighted by molar-refractivity contribution is 0.348. The normalized spacial score (nSPS) is 15.4. The van der Waals surface area contributed by atoms with E-state index >= 15 is 0 Å². The van der Waals surface area contributed by atoms with Gasteiger partial charge in [-0.3, -0.25) is 0 Å². The van der Waals surface area contributed by atoms with E-state index in [-0.39, 0.29) is 5.82 Å². The molecule has 1 aliphatic heterocycles. The van der Waals surface area contributed by atoms with Crippen LogP contribution in [0.15, 0.2) is 23.2 Å². The van der Waals surface area contributed by atoms with Crippen LogP contribution < -0.4 is 0 Å². The molecule has 13 heavy (non-hydrogen) atoms. The lowest BCUT2D eigenvalue weighted by Gasteiger charge is -2.04. The summed E-state index contributed by atoms with van der Waals surface area (Å²) < 4.78 is 18.0. The lowest BCUT2D eigenvalue weighted by atomic mass is 10.1. The first kappa shape index (κ1) is 8.23. The number of aliphatic imine (C=N–C) groups is 1. The van der Waals surface area contributed by atoms with Gasteiger partial charge in [0.15, 0.2) is 0 Å². The van der Waals surface area contributed by atoms with E-state index in [9.17, 15) is 4.39 Å². The molecule has 0 unspecified atom stereocenters. The monoisotopic (exact) mass is 179 g/mol. The summed E-state index contributed by atoms with van der Waals surface area (Å²) in [4.78, 5) is 4.17. The zero-order chi connectivity index (χ0) is 9.26. The molecule has 1 aliphatic rings. The summed E-state index contributed by atoms with van der Waals surface area (Å²) in [6.07, 6.45) is 0. The summed E-state index contributed by atoms with van der Waals surface area (Å²) in [6.45, 7) is 3.18. The van der Waals surface area contributed by atoms with Gasteiger partial charge in [0.2, 0.25) is 5.90 Å². The van der Waals surface area contributed by atoms with Gasteiger partial charge in [-0.05, 0) is 30.7 Å². The highest BCUT2D eigenvalue weighted by Gasteiger charge is 2.12. The fraction of sp³-hybridized carbons (Fsp3) is 0.300. The molecule has 0 saturated carbocycles. The van der Waals surface area contributed by atoms with Crippen molar-refractivity contribution in [1.29, 1.82) is 0 Å². The summed E-state index contributed by atoms with van der Waals surface area (Å²) >= 11 is 0. The van der Waals surface area contributed by atoms with Crippen LogP contribution in [0.25, 0.3) is 0 Å². The number of hydrogen-bond donors (Lipinski definition) is 0. The van der Waals surface area contributed by atoms with Crippen molar-refractivity contribution in [2.45, 2.75) is 6.92 Å². The molecule has 1 heterocycles.